The third kappa shape index (κ3) is 4.39. The van der Waals surface area contributed by atoms with E-state index in [1.165, 1.54) is 0 Å². The maximum absolute atomic E-state index is 11.9. The van der Waals surface area contributed by atoms with E-state index in [4.69, 9.17) is 4.74 Å². The number of nitrogens with one attached hydrogen (secondary N) is 1. The second-order valence-corrected chi connectivity index (χ2v) is 6.23. The van der Waals surface area contributed by atoms with Gasteiger partial charge in [0.15, 0.2) is 0 Å². The molecule has 0 radical (unpaired) electrons. The minimum atomic E-state index is -0.578. The zero-order chi connectivity index (χ0) is 20.1. The summed E-state index contributed by atoms with van der Waals surface area (Å²) in [6.45, 7) is 0. The molecular formula is C23H17N3O3. The Bertz CT molecular complexity index is 1170. The van der Waals surface area contributed by atoms with Gasteiger partial charge < -0.3 is 9.84 Å². The van der Waals surface area contributed by atoms with E-state index < -0.39 is 6.09 Å². The second kappa shape index (κ2) is 8.22. The molecule has 0 atom stereocenters. The van der Waals surface area contributed by atoms with Gasteiger partial charge in [0, 0.05) is 11.1 Å². The van der Waals surface area contributed by atoms with Gasteiger partial charge in [-0.15, -0.1) is 5.11 Å². The number of hydrogen-bond acceptors (Lipinski definition) is 5. The van der Waals surface area contributed by atoms with Crippen LogP contribution < -0.4 is 10.1 Å². The van der Waals surface area contributed by atoms with Gasteiger partial charge in [0.25, 0.3) is 0 Å². The average Bonchev–Trinajstić information content (AvgIpc) is 2.75. The smallest absolute Gasteiger partial charge is 0.417 e. The molecule has 6 nitrogen and oxygen atoms in total. The topological polar surface area (TPSA) is 83.3 Å². The number of amides is 1. The number of hydrogen-bond donors (Lipinski definition) is 2. The fourth-order valence-corrected chi connectivity index (χ4v) is 2.81. The molecule has 0 aromatic heterocycles. The molecule has 2 N–H and O–H groups in total. The summed E-state index contributed by atoms with van der Waals surface area (Å²) in [5.41, 5.74) is 1.56. The predicted molar refractivity (Wildman–Crippen MR) is 112 cm³/mol. The Kier molecular flexibility index (Phi) is 5.16. The normalized spacial score (nSPS) is 10.9. The number of carbonyl (C=O) groups is 1. The van der Waals surface area contributed by atoms with Gasteiger partial charge in [0.1, 0.15) is 17.2 Å². The zero-order valence-corrected chi connectivity index (χ0v) is 15.3. The number of aromatic hydroxyl groups is 1. The van der Waals surface area contributed by atoms with Crippen LogP contribution in [0.25, 0.3) is 10.8 Å². The van der Waals surface area contributed by atoms with Crippen LogP contribution in [0.4, 0.5) is 21.9 Å². The highest BCUT2D eigenvalue weighted by Gasteiger charge is 2.07. The molecule has 0 unspecified atom stereocenters. The maximum Gasteiger partial charge on any atom is 0.417 e. The van der Waals surface area contributed by atoms with Crippen LogP contribution in [0.5, 0.6) is 11.5 Å². The minimum absolute atomic E-state index is 0.0643. The molecular weight excluding hydrogens is 366 g/mol. The number of fused-ring (bicyclic) bond motifs is 1. The monoisotopic (exact) mass is 383 g/mol. The van der Waals surface area contributed by atoms with E-state index in [0.717, 1.165) is 10.8 Å². The minimum Gasteiger partial charge on any atom is -0.506 e. The summed E-state index contributed by atoms with van der Waals surface area (Å²) in [5.74, 6) is 0.528. The van der Waals surface area contributed by atoms with Crippen molar-refractivity contribution in [1.29, 1.82) is 0 Å². The highest BCUT2D eigenvalue weighted by Crippen LogP contribution is 2.36. The Morgan fingerprint density at radius 1 is 0.793 bits per heavy atom. The van der Waals surface area contributed by atoms with E-state index >= 15 is 0 Å². The molecule has 0 saturated heterocycles. The lowest BCUT2D eigenvalue weighted by atomic mass is 10.1. The number of phenolic OH excluding ortho intramolecular Hbond substituents is 1. The summed E-state index contributed by atoms with van der Waals surface area (Å²) in [6, 6.07) is 26.7. The lowest BCUT2D eigenvalue weighted by Crippen LogP contribution is -2.16. The summed E-state index contributed by atoms with van der Waals surface area (Å²) in [5, 5.41) is 23.0. The maximum atomic E-state index is 11.9. The molecule has 29 heavy (non-hydrogen) atoms. The van der Waals surface area contributed by atoms with Crippen LogP contribution in [0.2, 0.25) is 0 Å². The Morgan fingerprint density at radius 2 is 1.52 bits per heavy atom. The van der Waals surface area contributed by atoms with Crippen molar-refractivity contribution < 1.29 is 14.6 Å². The number of azo groups is 1. The quantitative estimate of drug-likeness (QED) is 0.391. The number of ether oxygens (including phenoxy) is 1. The first-order valence-corrected chi connectivity index (χ1v) is 8.95. The number of carbonyl (C=O) groups excluding carboxylic acids is 1. The van der Waals surface area contributed by atoms with E-state index in [9.17, 15) is 9.90 Å². The fraction of sp³-hybridized carbons (Fsp3) is 0. The van der Waals surface area contributed by atoms with Crippen molar-refractivity contribution in [2.45, 2.75) is 0 Å². The number of rotatable bonds is 4. The van der Waals surface area contributed by atoms with Crippen molar-refractivity contribution in [3.63, 3.8) is 0 Å². The lowest BCUT2D eigenvalue weighted by Gasteiger charge is -2.06. The zero-order valence-electron chi connectivity index (χ0n) is 15.3. The van der Waals surface area contributed by atoms with Crippen LogP contribution in [0, 0.1) is 0 Å². The Morgan fingerprint density at radius 3 is 2.31 bits per heavy atom. The molecule has 0 fully saturated rings. The molecule has 4 rings (SSSR count). The first-order chi connectivity index (χ1) is 14.2. The molecule has 0 aliphatic carbocycles. The van der Waals surface area contributed by atoms with Gasteiger partial charge >= 0.3 is 6.09 Å². The van der Waals surface area contributed by atoms with E-state index in [-0.39, 0.29) is 5.75 Å². The molecule has 0 saturated carbocycles. The van der Waals surface area contributed by atoms with Crippen LogP contribution >= 0.6 is 0 Å². The van der Waals surface area contributed by atoms with E-state index in [1.807, 2.05) is 36.4 Å². The van der Waals surface area contributed by atoms with Crippen molar-refractivity contribution in [2.75, 3.05) is 5.32 Å². The van der Waals surface area contributed by atoms with Gasteiger partial charge in [-0.05, 0) is 47.9 Å². The van der Waals surface area contributed by atoms with E-state index in [0.29, 0.717) is 22.8 Å². The summed E-state index contributed by atoms with van der Waals surface area (Å²) < 4.78 is 5.19. The summed E-state index contributed by atoms with van der Waals surface area (Å²) in [6.07, 6.45) is -0.578. The van der Waals surface area contributed by atoms with Crippen molar-refractivity contribution in [3.8, 4) is 11.5 Å². The highest BCUT2D eigenvalue weighted by molar-refractivity contribution is 5.95. The molecule has 0 spiro atoms. The first kappa shape index (κ1) is 18.2. The predicted octanol–water partition coefficient (Wildman–Crippen LogP) is 6.57. The van der Waals surface area contributed by atoms with Crippen LogP contribution in [0.3, 0.4) is 0 Å². The van der Waals surface area contributed by atoms with Crippen LogP contribution in [-0.4, -0.2) is 11.2 Å². The third-order valence-corrected chi connectivity index (χ3v) is 4.21. The van der Waals surface area contributed by atoms with Crippen molar-refractivity contribution in [3.05, 3.63) is 91.0 Å². The van der Waals surface area contributed by atoms with Crippen molar-refractivity contribution in [2.24, 2.45) is 10.2 Å². The number of benzene rings is 4. The van der Waals surface area contributed by atoms with Gasteiger partial charge in [-0.1, -0.05) is 48.5 Å². The van der Waals surface area contributed by atoms with Gasteiger partial charge in [0.2, 0.25) is 0 Å². The van der Waals surface area contributed by atoms with E-state index in [2.05, 4.69) is 15.5 Å². The molecule has 0 bridgehead atoms. The van der Waals surface area contributed by atoms with Gasteiger partial charge in [-0.25, -0.2) is 4.79 Å². The summed E-state index contributed by atoms with van der Waals surface area (Å²) in [7, 11) is 0. The molecule has 1 amide bonds. The summed E-state index contributed by atoms with van der Waals surface area (Å²) in [4.78, 5) is 11.9. The van der Waals surface area contributed by atoms with Gasteiger partial charge in [0.05, 0.1) is 5.69 Å². The SMILES string of the molecule is O=C(Nc1ccc(N=Nc2c(O)ccc3ccccc23)cc1)Oc1ccccc1. The molecule has 0 heterocycles. The van der Waals surface area contributed by atoms with E-state index in [1.54, 1.807) is 54.6 Å². The molecule has 4 aromatic rings. The largest absolute Gasteiger partial charge is 0.506 e. The fourth-order valence-electron chi connectivity index (χ4n) is 2.81. The number of phenols is 1. The van der Waals surface area contributed by atoms with Gasteiger partial charge in [-0.2, -0.15) is 5.11 Å². The van der Waals surface area contributed by atoms with Crippen LogP contribution in [0.1, 0.15) is 0 Å². The lowest BCUT2D eigenvalue weighted by molar-refractivity contribution is 0.215. The van der Waals surface area contributed by atoms with Crippen LogP contribution in [0.15, 0.2) is 101 Å². The second-order valence-electron chi connectivity index (χ2n) is 6.23. The van der Waals surface area contributed by atoms with Crippen molar-refractivity contribution in [1.82, 2.24) is 0 Å². The average molecular weight is 383 g/mol. The molecule has 142 valence electrons. The molecule has 6 heteroatoms. The number of nitrogens with zero attached hydrogens (tertiary/aromatic N) is 2. The van der Waals surface area contributed by atoms with Crippen molar-refractivity contribution >= 4 is 33.9 Å². The summed E-state index contributed by atoms with van der Waals surface area (Å²) >= 11 is 0. The Labute approximate surface area is 167 Å². The molecule has 0 aliphatic rings. The number of anilines is 1. The Balaban J connectivity index is 1.46. The first-order valence-electron chi connectivity index (χ1n) is 8.95. The molecule has 4 aromatic carbocycles. The standard InChI is InChI=1S/C23H17N3O3/c27-21-15-10-16-6-4-5-9-20(16)22(21)26-25-18-13-11-17(12-14-18)24-23(28)29-19-7-2-1-3-8-19/h1-15,27H,(H,24,28). The molecule has 0 aliphatic heterocycles. The highest BCUT2D eigenvalue weighted by atomic mass is 16.6. The van der Waals surface area contributed by atoms with Gasteiger partial charge in [-0.3, -0.25) is 5.32 Å². The Hall–Kier alpha value is -4.19. The van der Waals surface area contributed by atoms with Crippen LogP contribution in [-0.2, 0) is 0 Å². The number of para-hydroxylation sites is 1. The third-order valence-electron chi connectivity index (χ3n) is 4.21.